The zero-order valence-electron chi connectivity index (χ0n) is 12.9. The Kier molecular flexibility index (Phi) is 5.17. The first-order chi connectivity index (χ1) is 9.93. The van der Waals surface area contributed by atoms with Crippen molar-refractivity contribution in [1.29, 1.82) is 0 Å². The molecule has 5 heteroatoms. The van der Waals surface area contributed by atoms with Crippen molar-refractivity contribution in [2.75, 3.05) is 6.54 Å². The van der Waals surface area contributed by atoms with Crippen molar-refractivity contribution >= 4 is 15.9 Å². The molecule has 1 heterocycles. The van der Waals surface area contributed by atoms with E-state index in [1.165, 1.54) is 11.6 Å². The van der Waals surface area contributed by atoms with Gasteiger partial charge in [-0.2, -0.15) is 5.10 Å². The van der Waals surface area contributed by atoms with Gasteiger partial charge in [-0.15, -0.1) is 0 Å². The zero-order valence-corrected chi connectivity index (χ0v) is 14.5. The fourth-order valence-electron chi connectivity index (χ4n) is 2.71. The van der Waals surface area contributed by atoms with Crippen LogP contribution in [0.1, 0.15) is 42.4 Å². The second kappa shape index (κ2) is 6.71. The largest absolute Gasteiger partial charge is 0.310 e. The van der Waals surface area contributed by atoms with Gasteiger partial charge in [0.2, 0.25) is 0 Å². The molecule has 1 atom stereocenters. The molecule has 2 rings (SSSR count). The van der Waals surface area contributed by atoms with E-state index in [-0.39, 0.29) is 11.9 Å². The highest BCUT2D eigenvalue weighted by atomic mass is 79.9. The standard InChI is InChI=1S/C16H21BrFN3/c1-5-19-10(2)16-11(3)20-21(12(16)4)9-13-6-7-14(17)8-15(13)18/h6-8,10,19H,5,9H2,1-4H3. The van der Waals surface area contributed by atoms with Crippen LogP contribution in [-0.2, 0) is 6.54 Å². The predicted octanol–water partition coefficient (Wildman–Crippen LogP) is 4.12. The quantitative estimate of drug-likeness (QED) is 0.875. The molecule has 3 nitrogen and oxygen atoms in total. The van der Waals surface area contributed by atoms with E-state index in [4.69, 9.17) is 0 Å². The van der Waals surface area contributed by atoms with Crippen LogP contribution in [0.15, 0.2) is 22.7 Å². The second-order valence-electron chi connectivity index (χ2n) is 5.26. The van der Waals surface area contributed by atoms with E-state index in [2.05, 4.69) is 40.2 Å². The smallest absolute Gasteiger partial charge is 0.129 e. The van der Waals surface area contributed by atoms with E-state index >= 15 is 0 Å². The monoisotopic (exact) mass is 353 g/mol. The number of hydrogen-bond acceptors (Lipinski definition) is 2. The van der Waals surface area contributed by atoms with Crippen molar-refractivity contribution in [3.8, 4) is 0 Å². The lowest BCUT2D eigenvalue weighted by Crippen LogP contribution is -2.19. The van der Waals surface area contributed by atoms with Crippen molar-refractivity contribution in [3.63, 3.8) is 0 Å². The summed E-state index contributed by atoms with van der Waals surface area (Å²) >= 11 is 3.28. The minimum Gasteiger partial charge on any atom is -0.310 e. The van der Waals surface area contributed by atoms with Gasteiger partial charge in [0, 0.05) is 27.3 Å². The number of benzene rings is 1. The number of aromatic nitrogens is 2. The highest BCUT2D eigenvalue weighted by Crippen LogP contribution is 2.23. The number of nitrogens with zero attached hydrogens (tertiary/aromatic N) is 2. The number of rotatable bonds is 5. The van der Waals surface area contributed by atoms with Gasteiger partial charge in [-0.1, -0.05) is 28.9 Å². The fourth-order valence-corrected chi connectivity index (χ4v) is 3.04. The van der Waals surface area contributed by atoms with E-state index < -0.39 is 0 Å². The lowest BCUT2D eigenvalue weighted by atomic mass is 10.1. The lowest BCUT2D eigenvalue weighted by Gasteiger charge is -2.13. The van der Waals surface area contributed by atoms with Gasteiger partial charge in [0.25, 0.3) is 0 Å². The van der Waals surface area contributed by atoms with Crippen molar-refractivity contribution in [2.45, 2.75) is 40.3 Å². The van der Waals surface area contributed by atoms with Gasteiger partial charge in [0.1, 0.15) is 5.82 Å². The topological polar surface area (TPSA) is 29.9 Å². The van der Waals surface area contributed by atoms with E-state index in [1.54, 1.807) is 6.07 Å². The van der Waals surface area contributed by atoms with Crippen LogP contribution in [0.3, 0.4) is 0 Å². The lowest BCUT2D eigenvalue weighted by molar-refractivity contribution is 0.573. The minimum atomic E-state index is -0.210. The molecule has 1 aromatic heterocycles. The first-order valence-corrected chi connectivity index (χ1v) is 7.94. The average Bonchev–Trinajstić information content (AvgIpc) is 2.68. The van der Waals surface area contributed by atoms with Crippen LogP contribution >= 0.6 is 15.9 Å². The highest BCUT2D eigenvalue weighted by Gasteiger charge is 2.17. The summed E-state index contributed by atoms with van der Waals surface area (Å²) in [6, 6.07) is 5.39. The molecule has 1 N–H and O–H groups in total. The summed E-state index contributed by atoms with van der Waals surface area (Å²) in [7, 11) is 0. The Labute approximate surface area is 133 Å². The Morgan fingerprint density at radius 3 is 2.71 bits per heavy atom. The molecule has 0 aliphatic rings. The molecule has 0 aliphatic heterocycles. The number of halogens is 2. The van der Waals surface area contributed by atoms with Gasteiger partial charge in [0.15, 0.2) is 0 Å². The molecule has 0 saturated heterocycles. The molecule has 0 fully saturated rings. The molecular formula is C16H21BrFN3. The van der Waals surface area contributed by atoms with Crippen molar-refractivity contribution < 1.29 is 4.39 Å². The summed E-state index contributed by atoms with van der Waals surface area (Å²) < 4.78 is 16.6. The SMILES string of the molecule is CCNC(C)c1c(C)nn(Cc2ccc(Br)cc2F)c1C. The van der Waals surface area contributed by atoms with Crippen molar-refractivity contribution in [3.05, 3.63) is 51.0 Å². The zero-order chi connectivity index (χ0) is 15.6. The van der Waals surface area contributed by atoms with Gasteiger partial charge in [-0.05, 0) is 39.4 Å². The van der Waals surface area contributed by atoms with Crippen molar-refractivity contribution in [2.24, 2.45) is 0 Å². The molecule has 2 aromatic rings. The molecule has 0 bridgehead atoms. The summed E-state index contributed by atoms with van der Waals surface area (Å²) in [5.41, 5.74) is 3.93. The van der Waals surface area contributed by atoms with E-state index in [9.17, 15) is 4.39 Å². The summed E-state index contributed by atoms with van der Waals surface area (Å²) in [6.45, 7) is 9.62. The average molecular weight is 354 g/mol. The normalized spacial score (nSPS) is 12.7. The Morgan fingerprint density at radius 1 is 1.38 bits per heavy atom. The maximum Gasteiger partial charge on any atom is 0.129 e. The van der Waals surface area contributed by atoms with Crippen LogP contribution in [0, 0.1) is 19.7 Å². The first kappa shape index (κ1) is 16.2. The molecule has 0 spiro atoms. The third kappa shape index (κ3) is 3.52. The second-order valence-corrected chi connectivity index (χ2v) is 6.17. The predicted molar refractivity (Wildman–Crippen MR) is 87.0 cm³/mol. The maximum absolute atomic E-state index is 14.0. The van der Waals surface area contributed by atoms with Crippen LogP contribution in [0.2, 0.25) is 0 Å². The van der Waals surface area contributed by atoms with Crippen LogP contribution in [0.5, 0.6) is 0 Å². The van der Waals surface area contributed by atoms with Gasteiger partial charge in [-0.25, -0.2) is 4.39 Å². The number of aryl methyl sites for hydroxylation is 1. The van der Waals surface area contributed by atoms with Crippen LogP contribution in [0.4, 0.5) is 4.39 Å². The molecular weight excluding hydrogens is 333 g/mol. The molecule has 21 heavy (non-hydrogen) atoms. The minimum absolute atomic E-state index is 0.210. The van der Waals surface area contributed by atoms with Crippen LogP contribution in [0.25, 0.3) is 0 Å². The highest BCUT2D eigenvalue weighted by molar-refractivity contribution is 9.10. The molecule has 0 amide bonds. The molecule has 0 radical (unpaired) electrons. The molecule has 1 unspecified atom stereocenters. The van der Waals surface area contributed by atoms with Crippen LogP contribution in [-0.4, -0.2) is 16.3 Å². The molecule has 1 aromatic carbocycles. The Bertz CT molecular complexity index is 637. The van der Waals surface area contributed by atoms with Crippen molar-refractivity contribution in [1.82, 2.24) is 15.1 Å². The summed E-state index contributed by atoms with van der Waals surface area (Å²) in [5.74, 6) is -0.210. The van der Waals surface area contributed by atoms with Crippen LogP contribution < -0.4 is 5.32 Å². The van der Waals surface area contributed by atoms with Gasteiger partial charge >= 0.3 is 0 Å². The number of nitrogens with one attached hydrogen (secondary N) is 1. The van der Waals surface area contributed by atoms with Gasteiger partial charge in [-0.3, -0.25) is 4.68 Å². The summed E-state index contributed by atoms with van der Waals surface area (Å²) in [5, 5.41) is 7.98. The fraction of sp³-hybridized carbons (Fsp3) is 0.438. The summed E-state index contributed by atoms with van der Waals surface area (Å²) in [6.07, 6.45) is 0. The number of hydrogen-bond donors (Lipinski definition) is 1. The van der Waals surface area contributed by atoms with E-state index in [0.717, 1.165) is 22.4 Å². The third-order valence-corrected chi connectivity index (χ3v) is 4.21. The van der Waals surface area contributed by atoms with E-state index in [0.29, 0.717) is 12.1 Å². The van der Waals surface area contributed by atoms with E-state index in [1.807, 2.05) is 24.6 Å². The maximum atomic E-state index is 14.0. The molecule has 0 saturated carbocycles. The van der Waals surface area contributed by atoms with Gasteiger partial charge < -0.3 is 5.32 Å². The summed E-state index contributed by atoms with van der Waals surface area (Å²) in [4.78, 5) is 0. The first-order valence-electron chi connectivity index (χ1n) is 7.15. The molecule has 0 aliphatic carbocycles. The Morgan fingerprint density at radius 2 is 2.10 bits per heavy atom. The van der Waals surface area contributed by atoms with Gasteiger partial charge in [0.05, 0.1) is 12.2 Å². The third-order valence-electron chi connectivity index (χ3n) is 3.72. The Hall–Kier alpha value is -1.20. The molecule has 114 valence electrons. The Balaban J connectivity index is 2.31.